The van der Waals surface area contributed by atoms with Gasteiger partial charge >= 0.3 is 0 Å². The summed E-state index contributed by atoms with van der Waals surface area (Å²) in [4.78, 5) is 12.1. The van der Waals surface area contributed by atoms with Crippen molar-refractivity contribution in [1.29, 1.82) is 5.26 Å². The summed E-state index contributed by atoms with van der Waals surface area (Å²) < 4.78 is 17.1. The Labute approximate surface area is 181 Å². The first kappa shape index (κ1) is 21.5. The van der Waals surface area contributed by atoms with Crippen molar-refractivity contribution in [2.75, 3.05) is 19.8 Å². The van der Waals surface area contributed by atoms with Gasteiger partial charge in [-0.3, -0.25) is 4.79 Å². The van der Waals surface area contributed by atoms with Gasteiger partial charge in [-0.25, -0.2) is 0 Å². The van der Waals surface area contributed by atoms with Crippen molar-refractivity contribution >= 4 is 23.6 Å². The minimum Gasteiger partial charge on any atom is -0.490 e. The molecule has 1 saturated carbocycles. The molecular formula is C23H23ClN2O4. The summed E-state index contributed by atoms with van der Waals surface area (Å²) in [6.07, 6.45) is 3.48. The molecule has 0 bridgehead atoms. The number of nitriles is 1. The highest BCUT2D eigenvalue weighted by Crippen LogP contribution is 2.29. The molecule has 30 heavy (non-hydrogen) atoms. The second kappa shape index (κ2) is 10.6. The van der Waals surface area contributed by atoms with Crippen LogP contribution >= 0.6 is 11.6 Å². The number of hydrogen-bond acceptors (Lipinski definition) is 5. The molecule has 2 aromatic carbocycles. The summed E-state index contributed by atoms with van der Waals surface area (Å²) >= 11 is 5.86. The molecule has 3 rings (SSSR count). The van der Waals surface area contributed by atoms with Crippen LogP contribution in [0.5, 0.6) is 17.2 Å². The van der Waals surface area contributed by atoms with Crippen LogP contribution < -0.4 is 19.5 Å². The van der Waals surface area contributed by atoms with E-state index >= 15 is 0 Å². The number of carbonyl (C=O) groups is 1. The summed E-state index contributed by atoms with van der Waals surface area (Å²) in [5.41, 5.74) is 0.750. The van der Waals surface area contributed by atoms with Crippen LogP contribution in [0.2, 0.25) is 5.02 Å². The van der Waals surface area contributed by atoms with E-state index in [4.69, 9.17) is 25.8 Å². The van der Waals surface area contributed by atoms with E-state index in [1.54, 1.807) is 48.5 Å². The van der Waals surface area contributed by atoms with E-state index in [-0.39, 0.29) is 17.5 Å². The topological polar surface area (TPSA) is 80.6 Å². The molecule has 1 amide bonds. The van der Waals surface area contributed by atoms with Gasteiger partial charge in [0.25, 0.3) is 5.91 Å². The van der Waals surface area contributed by atoms with Crippen LogP contribution in [0.4, 0.5) is 0 Å². The maximum atomic E-state index is 12.1. The van der Waals surface area contributed by atoms with E-state index in [0.29, 0.717) is 47.7 Å². The molecule has 7 heteroatoms. The summed E-state index contributed by atoms with van der Waals surface area (Å²) in [5, 5.41) is 12.8. The maximum absolute atomic E-state index is 12.1. The molecule has 0 saturated heterocycles. The first-order chi connectivity index (χ1) is 14.6. The van der Waals surface area contributed by atoms with Crippen molar-refractivity contribution in [1.82, 2.24) is 5.32 Å². The summed E-state index contributed by atoms with van der Waals surface area (Å²) in [6.45, 7) is 3.01. The largest absolute Gasteiger partial charge is 0.490 e. The first-order valence-corrected chi connectivity index (χ1v) is 10.2. The van der Waals surface area contributed by atoms with Gasteiger partial charge in [0.05, 0.1) is 6.61 Å². The second-order valence-electron chi connectivity index (χ2n) is 6.71. The van der Waals surface area contributed by atoms with Gasteiger partial charge in [0.1, 0.15) is 30.6 Å². The third kappa shape index (κ3) is 6.43. The summed E-state index contributed by atoms with van der Waals surface area (Å²) in [7, 11) is 0. The van der Waals surface area contributed by atoms with E-state index < -0.39 is 0 Å². The van der Waals surface area contributed by atoms with Gasteiger partial charge in [-0.2, -0.15) is 5.26 Å². The number of nitrogens with one attached hydrogen (secondary N) is 1. The number of carbonyl (C=O) groups excluding carboxylic acids is 1. The Bertz CT molecular complexity index is 947. The second-order valence-corrected chi connectivity index (χ2v) is 7.14. The predicted molar refractivity (Wildman–Crippen MR) is 115 cm³/mol. The molecule has 2 aromatic rings. The minimum absolute atomic E-state index is 0.0642. The fourth-order valence-corrected chi connectivity index (χ4v) is 2.78. The molecule has 0 heterocycles. The number of nitrogens with zero attached hydrogens (tertiary/aromatic N) is 1. The number of halogens is 1. The molecule has 0 atom stereocenters. The number of benzene rings is 2. The normalized spacial score (nSPS) is 13.3. The van der Waals surface area contributed by atoms with Crippen molar-refractivity contribution in [2.24, 2.45) is 0 Å². The Morgan fingerprint density at radius 3 is 2.53 bits per heavy atom. The van der Waals surface area contributed by atoms with Crippen molar-refractivity contribution in [3.05, 3.63) is 58.6 Å². The van der Waals surface area contributed by atoms with Crippen molar-refractivity contribution in [3.8, 4) is 23.3 Å². The Morgan fingerprint density at radius 2 is 1.87 bits per heavy atom. The summed E-state index contributed by atoms with van der Waals surface area (Å²) in [5.74, 6) is 1.46. The van der Waals surface area contributed by atoms with Gasteiger partial charge in [0.15, 0.2) is 11.5 Å². The average molecular weight is 427 g/mol. The van der Waals surface area contributed by atoms with Crippen LogP contribution in [-0.2, 0) is 4.79 Å². The lowest BCUT2D eigenvalue weighted by Crippen LogP contribution is -2.26. The number of hydrogen-bond donors (Lipinski definition) is 1. The van der Waals surface area contributed by atoms with Crippen LogP contribution in [0.3, 0.4) is 0 Å². The zero-order valence-electron chi connectivity index (χ0n) is 16.7. The highest BCUT2D eigenvalue weighted by Gasteiger charge is 2.24. The first-order valence-electron chi connectivity index (χ1n) is 9.79. The molecule has 1 aliphatic carbocycles. The monoisotopic (exact) mass is 426 g/mol. The quantitative estimate of drug-likeness (QED) is 0.346. The molecule has 156 valence electrons. The fraction of sp³-hybridized carbons (Fsp3) is 0.304. The molecular weight excluding hydrogens is 404 g/mol. The average Bonchev–Trinajstić information content (AvgIpc) is 3.56. The van der Waals surface area contributed by atoms with Gasteiger partial charge in [-0.05, 0) is 67.8 Å². The Balaban J connectivity index is 1.62. The molecule has 0 unspecified atom stereocenters. The van der Waals surface area contributed by atoms with Gasteiger partial charge in [0.2, 0.25) is 0 Å². The third-order valence-electron chi connectivity index (χ3n) is 4.28. The highest BCUT2D eigenvalue weighted by molar-refractivity contribution is 6.30. The Kier molecular flexibility index (Phi) is 7.58. The van der Waals surface area contributed by atoms with Crippen molar-refractivity contribution in [2.45, 2.75) is 25.8 Å². The molecule has 1 aliphatic rings. The molecule has 1 fully saturated rings. The van der Waals surface area contributed by atoms with Gasteiger partial charge < -0.3 is 19.5 Å². The van der Waals surface area contributed by atoms with Crippen LogP contribution in [0, 0.1) is 11.3 Å². The van der Waals surface area contributed by atoms with E-state index in [2.05, 4.69) is 5.32 Å². The Morgan fingerprint density at radius 1 is 1.13 bits per heavy atom. The van der Waals surface area contributed by atoms with Crippen LogP contribution in [0.15, 0.2) is 48.0 Å². The number of ether oxygens (including phenoxy) is 3. The van der Waals surface area contributed by atoms with Gasteiger partial charge in [0, 0.05) is 11.1 Å². The molecule has 0 aliphatic heterocycles. The zero-order valence-corrected chi connectivity index (χ0v) is 17.4. The highest BCUT2D eigenvalue weighted by atomic mass is 35.5. The standard InChI is InChI=1S/C23H23ClN2O4/c1-2-28-22-14-16(13-17(15-25)23(27)26-19-6-7-19)3-10-21(22)30-12-11-29-20-8-4-18(24)5-9-20/h3-5,8-10,13-14,19H,2,6-7,11-12H2,1H3,(H,26,27)/b17-13+. The third-order valence-corrected chi connectivity index (χ3v) is 4.53. The SMILES string of the molecule is CCOc1cc(/C=C(\C#N)C(=O)NC2CC2)ccc1OCCOc1ccc(Cl)cc1. The van der Waals surface area contributed by atoms with Crippen LogP contribution in [0.1, 0.15) is 25.3 Å². The van der Waals surface area contributed by atoms with Gasteiger partial charge in [-0.15, -0.1) is 0 Å². The number of rotatable bonds is 10. The molecule has 0 radical (unpaired) electrons. The predicted octanol–water partition coefficient (Wildman–Crippen LogP) is 4.38. The zero-order chi connectivity index (χ0) is 21.3. The van der Waals surface area contributed by atoms with Gasteiger partial charge in [-0.1, -0.05) is 17.7 Å². The van der Waals surface area contributed by atoms with Crippen LogP contribution in [0.25, 0.3) is 6.08 Å². The van der Waals surface area contributed by atoms with E-state index in [9.17, 15) is 10.1 Å². The molecule has 0 aromatic heterocycles. The lowest BCUT2D eigenvalue weighted by molar-refractivity contribution is -0.117. The smallest absolute Gasteiger partial charge is 0.262 e. The molecule has 6 nitrogen and oxygen atoms in total. The molecule has 1 N–H and O–H groups in total. The van der Waals surface area contributed by atoms with E-state index in [1.807, 2.05) is 13.0 Å². The van der Waals surface area contributed by atoms with Crippen molar-refractivity contribution < 1.29 is 19.0 Å². The van der Waals surface area contributed by atoms with Crippen molar-refractivity contribution in [3.63, 3.8) is 0 Å². The number of amides is 1. The Hall–Kier alpha value is -3.17. The van der Waals surface area contributed by atoms with E-state index in [1.165, 1.54) is 0 Å². The lowest BCUT2D eigenvalue weighted by Gasteiger charge is -2.13. The van der Waals surface area contributed by atoms with E-state index in [0.717, 1.165) is 12.8 Å². The lowest BCUT2D eigenvalue weighted by atomic mass is 10.1. The molecule has 0 spiro atoms. The maximum Gasteiger partial charge on any atom is 0.262 e. The summed E-state index contributed by atoms with van der Waals surface area (Å²) in [6, 6.07) is 14.5. The minimum atomic E-state index is -0.349. The fourth-order valence-electron chi connectivity index (χ4n) is 2.65. The van der Waals surface area contributed by atoms with Crippen LogP contribution in [-0.4, -0.2) is 31.8 Å².